The molecule has 2 aromatic rings. The van der Waals surface area contributed by atoms with E-state index in [4.69, 9.17) is 5.11 Å². The Balaban J connectivity index is 2.17. The minimum atomic E-state index is -2.68. The molecule has 8 heteroatoms. The number of rotatable bonds is 6. The number of halogens is 2. The second kappa shape index (κ2) is 6.89. The van der Waals surface area contributed by atoms with E-state index in [2.05, 4.69) is 10.2 Å². The highest BCUT2D eigenvalue weighted by Gasteiger charge is 2.22. The van der Waals surface area contributed by atoms with E-state index >= 15 is 0 Å². The number of para-hydroxylation sites is 1. The Kier molecular flexibility index (Phi) is 4.94. The van der Waals surface area contributed by atoms with Crippen LogP contribution in [0.25, 0.3) is 5.69 Å². The van der Waals surface area contributed by atoms with Gasteiger partial charge in [-0.05, 0) is 12.1 Å². The summed E-state index contributed by atoms with van der Waals surface area (Å²) in [6.07, 6.45) is -1.46. The molecule has 1 aromatic heterocycles. The molecular formula is C13H14F2N4O2. The normalized spacial score (nSPS) is 10.9. The van der Waals surface area contributed by atoms with Gasteiger partial charge in [-0.1, -0.05) is 18.2 Å². The highest BCUT2D eigenvalue weighted by atomic mass is 19.3. The van der Waals surface area contributed by atoms with Crippen molar-refractivity contribution in [3.63, 3.8) is 0 Å². The van der Waals surface area contributed by atoms with Crippen molar-refractivity contribution >= 4 is 5.91 Å². The van der Waals surface area contributed by atoms with E-state index in [1.165, 1.54) is 11.0 Å². The van der Waals surface area contributed by atoms with Crippen LogP contribution in [-0.2, 0) is 0 Å². The maximum Gasteiger partial charge on any atom is 0.276 e. The Morgan fingerprint density at radius 1 is 1.33 bits per heavy atom. The van der Waals surface area contributed by atoms with E-state index in [9.17, 15) is 13.6 Å². The van der Waals surface area contributed by atoms with Crippen molar-refractivity contribution in [2.45, 2.75) is 6.43 Å². The first kappa shape index (κ1) is 15.0. The van der Waals surface area contributed by atoms with Gasteiger partial charge in [0.25, 0.3) is 12.3 Å². The topological polar surface area (TPSA) is 71.2 Å². The van der Waals surface area contributed by atoms with Crippen LogP contribution in [0.3, 0.4) is 0 Å². The van der Waals surface area contributed by atoms with Crippen LogP contribution in [0.4, 0.5) is 8.78 Å². The summed E-state index contributed by atoms with van der Waals surface area (Å²) < 4.78 is 24.9. The van der Waals surface area contributed by atoms with Gasteiger partial charge in [0, 0.05) is 6.54 Å². The van der Waals surface area contributed by atoms with Crippen molar-refractivity contribution in [1.82, 2.24) is 19.9 Å². The number of benzene rings is 1. The van der Waals surface area contributed by atoms with Crippen LogP contribution in [0.15, 0.2) is 36.5 Å². The van der Waals surface area contributed by atoms with Crippen LogP contribution in [0.5, 0.6) is 0 Å². The molecule has 0 fully saturated rings. The first-order valence-corrected chi connectivity index (χ1v) is 6.28. The minimum Gasteiger partial charge on any atom is -0.395 e. The Hall–Kier alpha value is -2.35. The summed E-state index contributed by atoms with van der Waals surface area (Å²) in [5, 5.41) is 16.8. The number of carbonyl (C=O) groups excluding carboxylic acids is 1. The van der Waals surface area contributed by atoms with Gasteiger partial charge in [0.05, 0.1) is 25.0 Å². The lowest BCUT2D eigenvalue weighted by Crippen LogP contribution is -2.37. The van der Waals surface area contributed by atoms with Crippen LogP contribution < -0.4 is 0 Å². The number of amides is 1. The van der Waals surface area contributed by atoms with Gasteiger partial charge in [0.1, 0.15) is 0 Å². The minimum absolute atomic E-state index is 0.0482. The van der Waals surface area contributed by atoms with Crippen molar-refractivity contribution in [1.29, 1.82) is 0 Å². The average Bonchev–Trinajstić information content (AvgIpc) is 2.96. The molecule has 0 aliphatic rings. The third-order valence-electron chi connectivity index (χ3n) is 2.71. The summed E-state index contributed by atoms with van der Waals surface area (Å²) >= 11 is 0. The Bertz CT molecular complexity index is 589. The van der Waals surface area contributed by atoms with E-state index in [1.807, 2.05) is 6.07 Å². The third kappa shape index (κ3) is 3.82. The Morgan fingerprint density at radius 3 is 2.67 bits per heavy atom. The standard InChI is InChI=1S/C13H14F2N4O2/c14-12(15)9-18(6-7-20)13(21)11-8-16-19(17-11)10-4-2-1-3-5-10/h1-5,8,12,20H,6-7,9H2. The van der Waals surface area contributed by atoms with Gasteiger partial charge in [-0.3, -0.25) is 4.79 Å². The number of alkyl halides is 2. The number of nitrogens with zero attached hydrogens (tertiary/aromatic N) is 4. The van der Waals surface area contributed by atoms with Crippen molar-refractivity contribution < 1.29 is 18.7 Å². The molecule has 1 N–H and O–H groups in total. The van der Waals surface area contributed by atoms with Crippen molar-refractivity contribution in [2.24, 2.45) is 0 Å². The lowest BCUT2D eigenvalue weighted by Gasteiger charge is -2.19. The first-order chi connectivity index (χ1) is 10.1. The fourth-order valence-electron chi connectivity index (χ4n) is 1.77. The highest BCUT2D eigenvalue weighted by molar-refractivity contribution is 5.92. The molecule has 0 radical (unpaired) electrons. The van der Waals surface area contributed by atoms with Gasteiger partial charge in [-0.15, -0.1) is 5.10 Å². The van der Waals surface area contributed by atoms with E-state index in [0.29, 0.717) is 5.69 Å². The predicted molar refractivity (Wildman–Crippen MR) is 70.4 cm³/mol. The Labute approximate surface area is 119 Å². The van der Waals surface area contributed by atoms with E-state index < -0.39 is 25.5 Å². The smallest absolute Gasteiger partial charge is 0.276 e. The molecule has 0 aliphatic heterocycles. The van der Waals surface area contributed by atoms with Crippen LogP contribution in [-0.4, -0.2) is 57.0 Å². The molecule has 112 valence electrons. The second-order valence-electron chi connectivity index (χ2n) is 4.22. The molecule has 1 heterocycles. The van der Waals surface area contributed by atoms with Crippen molar-refractivity contribution in [2.75, 3.05) is 19.7 Å². The monoisotopic (exact) mass is 296 g/mol. The molecule has 2 rings (SSSR count). The molecule has 0 aliphatic carbocycles. The summed E-state index contributed by atoms with van der Waals surface area (Å²) in [6.45, 7) is -1.33. The summed E-state index contributed by atoms with van der Waals surface area (Å²) in [5.41, 5.74) is 0.604. The fourth-order valence-corrected chi connectivity index (χ4v) is 1.77. The van der Waals surface area contributed by atoms with Gasteiger partial charge in [-0.25, -0.2) is 8.78 Å². The van der Waals surface area contributed by atoms with Crippen LogP contribution in [0.2, 0.25) is 0 Å². The van der Waals surface area contributed by atoms with E-state index in [0.717, 1.165) is 4.90 Å². The number of carbonyl (C=O) groups is 1. The number of hydrogen-bond donors (Lipinski definition) is 1. The average molecular weight is 296 g/mol. The van der Waals surface area contributed by atoms with E-state index in [-0.39, 0.29) is 12.2 Å². The molecule has 1 aromatic carbocycles. The van der Waals surface area contributed by atoms with Crippen LogP contribution in [0.1, 0.15) is 10.5 Å². The molecule has 0 unspecified atom stereocenters. The highest BCUT2D eigenvalue weighted by Crippen LogP contribution is 2.08. The summed E-state index contributed by atoms with van der Waals surface area (Å²) in [7, 11) is 0. The van der Waals surface area contributed by atoms with E-state index in [1.54, 1.807) is 24.3 Å². The number of hydrogen-bond acceptors (Lipinski definition) is 4. The number of aliphatic hydroxyl groups is 1. The summed E-state index contributed by atoms with van der Waals surface area (Å²) in [4.78, 5) is 14.2. The summed E-state index contributed by atoms with van der Waals surface area (Å²) in [6, 6.07) is 8.90. The molecule has 0 bridgehead atoms. The van der Waals surface area contributed by atoms with Crippen molar-refractivity contribution in [3.05, 3.63) is 42.2 Å². The zero-order valence-electron chi connectivity index (χ0n) is 11.1. The van der Waals surface area contributed by atoms with Crippen molar-refractivity contribution in [3.8, 4) is 5.69 Å². The zero-order chi connectivity index (χ0) is 15.2. The predicted octanol–water partition coefficient (Wildman–Crippen LogP) is 0.967. The SMILES string of the molecule is O=C(c1cnn(-c2ccccc2)n1)N(CCO)CC(F)F. The molecule has 21 heavy (non-hydrogen) atoms. The maximum absolute atomic E-state index is 12.4. The molecular weight excluding hydrogens is 282 g/mol. The Morgan fingerprint density at radius 2 is 2.05 bits per heavy atom. The molecule has 0 atom stereocenters. The van der Waals surface area contributed by atoms with Crippen LogP contribution in [0, 0.1) is 0 Å². The second-order valence-corrected chi connectivity index (χ2v) is 4.22. The van der Waals surface area contributed by atoms with Gasteiger partial charge in [0.2, 0.25) is 0 Å². The van der Waals surface area contributed by atoms with Gasteiger partial charge in [0.15, 0.2) is 5.69 Å². The first-order valence-electron chi connectivity index (χ1n) is 6.28. The van der Waals surface area contributed by atoms with Gasteiger partial charge < -0.3 is 10.0 Å². The van der Waals surface area contributed by atoms with Gasteiger partial charge >= 0.3 is 0 Å². The zero-order valence-corrected chi connectivity index (χ0v) is 11.1. The van der Waals surface area contributed by atoms with Gasteiger partial charge in [-0.2, -0.15) is 9.90 Å². The lowest BCUT2D eigenvalue weighted by molar-refractivity contribution is 0.0504. The number of aromatic nitrogens is 3. The molecule has 0 saturated heterocycles. The lowest BCUT2D eigenvalue weighted by atomic mass is 10.3. The maximum atomic E-state index is 12.4. The molecule has 6 nitrogen and oxygen atoms in total. The largest absolute Gasteiger partial charge is 0.395 e. The third-order valence-corrected chi connectivity index (χ3v) is 2.71. The molecule has 0 spiro atoms. The quantitative estimate of drug-likeness (QED) is 0.862. The summed E-state index contributed by atoms with van der Waals surface area (Å²) in [5.74, 6) is -0.688. The number of aliphatic hydroxyl groups excluding tert-OH is 1. The molecule has 0 saturated carbocycles. The van der Waals surface area contributed by atoms with Crippen LogP contribution >= 0.6 is 0 Å². The molecule has 1 amide bonds. The fraction of sp³-hybridized carbons (Fsp3) is 0.308.